The van der Waals surface area contributed by atoms with E-state index in [4.69, 9.17) is 4.74 Å². The van der Waals surface area contributed by atoms with Gasteiger partial charge in [0.15, 0.2) is 0 Å². The van der Waals surface area contributed by atoms with Crippen LogP contribution < -0.4 is 5.32 Å². The van der Waals surface area contributed by atoms with Gasteiger partial charge in [0.25, 0.3) is 11.6 Å². The Labute approximate surface area is 149 Å². The van der Waals surface area contributed by atoms with Gasteiger partial charge >= 0.3 is 5.97 Å². The van der Waals surface area contributed by atoms with Crippen molar-refractivity contribution in [3.8, 4) is 0 Å². The van der Waals surface area contributed by atoms with Crippen molar-refractivity contribution in [2.75, 3.05) is 26.0 Å². The number of benzene rings is 1. The summed E-state index contributed by atoms with van der Waals surface area (Å²) in [6, 6.07) is 4.30. The maximum atomic E-state index is 12.4. The molecule has 9 heteroatoms. The number of carbonyl (C=O) groups excluding carboxylic acids is 1. The van der Waals surface area contributed by atoms with Gasteiger partial charge in [0.2, 0.25) is 0 Å². The van der Waals surface area contributed by atoms with Crippen molar-refractivity contribution in [2.24, 2.45) is 11.8 Å². The first-order chi connectivity index (χ1) is 11.9. The number of ether oxygens (including phenoxy) is 1. The van der Waals surface area contributed by atoms with E-state index in [1.807, 2.05) is 0 Å². The second kappa shape index (κ2) is 8.82. The number of hydrogen-bond acceptors (Lipinski definition) is 6. The Kier molecular flexibility index (Phi) is 6.77. The molecular weight excluding hydrogens is 348 g/mol. The van der Waals surface area contributed by atoms with Crippen LogP contribution in [0.4, 0.5) is 5.69 Å². The van der Waals surface area contributed by atoms with Crippen LogP contribution in [0.15, 0.2) is 23.1 Å². The molecule has 136 valence electrons. The number of carboxylic acid groups (broad SMARTS) is 1. The molecule has 0 saturated carbocycles. The third-order valence-electron chi connectivity index (χ3n) is 4.28. The second-order valence-electron chi connectivity index (χ2n) is 5.74. The van der Waals surface area contributed by atoms with Crippen LogP contribution in [0.2, 0.25) is 0 Å². The first-order valence-corrected chi connectivity index (χ1v) is 9.07. The van der Waals surface area contributed by atoms with Gasteiger partial charge in [-0.05, 0) is 37.1 Å². The Bertz CT molecular complexity index is 660. The molecule has 1 atom stereocenters. The molecule has 1 fully saturated rings. The van der Waals surface area contributed by atoms with Gasteiger partial charge < -0.3 is 15.2 Å². The minimum Gasteiger partial charge on any atom is -0.481 e. The van der Waals surface area contributed by atoms with Crippen molar-refractivity contribution in [3.63, 3.8) is 0 Å². The molecule has 0 aliphatic carbocycles. The molecule has 1 amide bonds. The first-order valence-electron chi connectivity index (χ1n) is 7.85. The Hall–Kier alpha value is -2.13. The molecule has 25 heavy (non-hydrogen) atoms. The highest BCUT2D eigenvalue weighted by Crippen LogP contribution is 2.26. The van der Waals surface area contributed by atoms with Crippen LogP contribution in [0.5, 0.6) is 0 Å². The molecule has 0 bridgehead atoms. The Morgan fingerprint density at radius 1 is 1.44 bits per heavy atom. The van der Waals surface area contributed by atoms with Gasteiger partial charge in [-0.2, -0.15) is 0 Å². The maximum absolute atomic E-state index is 12.4. The largest absolute Gasteiger partial charge is 0.481 e. The molecule has 0 radical (unpaired) electrons. The fourth-order valence-corrected chi connectivity index (χ4v) is 3.29. The number of nitro benzene ring substituents is 1. The van der Waals surface area contributed by atoms with Crippen LogP contribution in [0.1, 0.15) is 23.2 Å². The monoisotopic (exact) mass is 368 g/mol. The molecule has 1 heterocycles. The molecule has 2 rings (SSSR count). The summed E-state index contributed by atoms with van der Waals surface area (Å²) in [6.45, 7) is 0.937. The van der Waals surface area contributed by atoms with E-state index in [9.17, 15) is 24.8 Å². The van der Waals surface area contributed by atoms with E-state index in [1.165, 1.54) is 23.9 Å². The van der Waals surface area contributed by atoms with E-state index in [0.29, 0.717) is 26.1 Å². The first kappa shape index (κ1) is 19.2. The molecule has 1 aromatic rings. The number of carbonyl (C=O) groups is 2. The Balaban J connectivity index is 2.12. The van der Waals surface area contributed by atoms with Gasteiger partial charge in [-0.1, -0.05) is 0 Å². The minimum absolute atomic E-state index is 0.0621. The summed E-state index contributed by atoms with van der Waals surface area (Å²) in [4.78, 5) is 35.2. The van der Waals surface area contributed by atoms with Crippen molar-refractivity contribution in [3.05, 3.63) is 33.9 Å². The number of nitro groups is 1. The number of thioether (sulfide) groups is 1. The minimum atomic E-state index is -0.987. The van der Waals surface area contributed by atoms with Crippen LogP contribution in [0.3, 0.4) is 0 Å². The summed E-state index contributed by atoms with van der Waals surface area (Å²) in [5.41, 5.74) is -0.360. The van der Waals surface area contributed by atoms with Crippen LogP contribution in [-0.2, 0) is 9.53 Å². The molecule has 8 nitrogen and oxygen atoms in total. The Morgan fingerprint density at radius 3 is 2.68 bits per heavy atom. The highest BCUT2D eigenvalue weighted by Gasteiger charge is 2.31. The van der Waals surface area contributed by atoms with E-state index in [1.54, 1.807) is 12.3 Å². The quantitative estimate of drug-likeness (QED) is 0.430. The second-order valence-corrected chi connectivity index (χ2v) is 6.62. The highest BCUT2D eigenvalue weighted by molar-refractivity contribution is 7.98. The molecule has 1 saturated heterocycles. The summed E-state index contributed by atoms with van der Waals surface area (Å²) in [5, 5.41) is 23.1. The molecule has 1 unspecified atom stereocenters. The zero-order chi connectivity index (χ0) is 18.4. The van der Waals surface area contributed by atoms with Gasteiger partial charge in [-0.25, -0.2) is 0 Å². The molecule has 2 N–H and O–H groups in total. The third-order valence-corrected chi connectivity index (χ3v) is 5.01. The molecule has 0 spiro atoms. The van der Waals surface area contributed by atoms with Gasteiger partial charge in [0.1, 0.15) is 5.56 Å². The van der Waals surface area contributed by atoms with Crippen molar-refractivity contribution >= 4 is 29.3 Å². The van der Waals surface area contributed by atoms with E-state index in [0.717, 1.165) is 4.90 Å². The zero-order valence-electron chi connectivity index (χ0n) is 13.8. The van der Waals surface area contributed by atoms with E-state index in [2.05, 4.69) is 5.32 Å². The van der Waals surface area contributed by atoms with E-state index in [-0.39, 0.29) is 23.7 Å². The molecule has 0 aromatic heterocycles. The summed E-state index contributed by atoms with van der Waals surface area (Å²) >= 11 is 1.36. The summed E-state index contributed by atoms with van der Waals surface area (Å²) in [5.74, 6) is -2.45. The van der Waals surface area contributed by atoms with Gasteiger partial charge in [-0.3, -0.25) is 19.7 Å². The number of aliphatic carboxylic acids is 1. The smallest absolute Gasteiger partial charge is 0.308 e. The Morgan fingerprint density at radius 2 is 2.12 bits per heavy atom. The van der Waals surface area contributed by atoms with Crippen LogP contribution >= 0.6 is 11.8 Å². The van der Waals surface area contributed by atoms with Crippen LogP contribution in [-0.4, -0.2) is 47.9 Å². The van der Waals surface area contributed by atoms with E-state index >= 15 is 0 Å². The molecule has 1 aromatic carbocycles. The third kappa shape index (κ3) is 4.93. The predicted octanol–water partition coefficient (Wildman–Crippen LogP) is 2.17. The SMILES string of the molecule is CSc1ccc([N+](=O)[O-])c(C(=O)NCC(C(=O)O)C2CCOCC2)c1. The average molecular weight is 368 g/mol. The topological polar surface area (TPSA) is 119 Å². The summed E-state index contributed by atoms with van der Waals surface area (Å²) in [6.07, 6.45) is 3.04. The van der Waals surface area contributed by atoms with Crippen molar-refractivity contribution in [2.45, 2.75) is 17.7 Å². The summed E-state index contributed by atoms with van der Waals surface area (Å²) < 4.78 is 5.23. The number of amides is 1. The van der Waals surface area contributed by atoms with E-state index < -0.39 is 22.7 Å². The molecule has 1 aliphatic heterocycles. The van der Waals surface area contributed by atoms with Crippen LogP contribution in [0.25, 0.3) is 0 Å². The standard InChI is InChI=1S/C16H20N2O6S/c1-25-11-2-3-14(18(22)23)12(8-11)15(19)17-9-13(16(20)21)10-4-6-24-7-5-10/h2-3,8,10,13H,4-7,9H2,1H3,(H,17,19)(H,20,21). The van der Waals surface area contributed by atoms with Crippen LogP contribution in [0, 0.1) is 22.0 Å². The van der Waals surface area contributed by atoms with Gasteiger partial charge in [-0.15, -0.1) is 11.8 Å². The van der Waals surface area contributed by atoms with Crippen molar-refractivity contribution in [1.29, 1.82) is 0 Å². The lowest BCUT2D eigenvalue weighted by molar-refractivity contribution is -0.385. The van der Waals surface area contributed by atoms with Crippen molar-refractivity contribution in [1.82, 2.24) is 5.32 Å². The predicted molar refractivity (Wildman–Crippen MR) is 91.9 cm³/mol. The molecule has 1 aliphatic rings. The number of hydrogen-bond donors (Lipinski definition) is 2. The number of nitrogens with zero attached hydrogens (tertiary/aromatic N) is 1. The summed E-state index contributed by atoms with van der Waals surface area (Å²) in [7, 11) is 0. The van der Waals surface area contributed by atoms with Gasteiger partial charge in [0.05, 0.1) is 10.8 Å². The maximum Gasteiger partial charge on any atom is 0.308 e. The lowest BCUT2D eigenvalue weighted by Crippen LogP contribution is -2.39. The highest BCUT2D eigenvalue weighted by atomic mass is 32.2. The van der Waals surface area contributed by atoms with Gasteiger partial charge in [0, 0.05) is 30.7 Å². The number of carboxylic acids is 1. The number of nitrogens with one attached hydrogen (secondary N) is 1. The molecular formula is C16H20N2O6S. The zero-order valence-corrected chi connectivity index (χ0v) is 14.6. The fourth-order valence-electron chi connectivity index (χ4n) is 2.85. The number of rotatable bonds is 7. The average Bonchev–Trinajstić information content (AvgIpc) is 2.61. The lowest BCUT2D eigenvalue weighted by atomic mass is 9.86. The lowest BCUT2D eigenvalue weighted by Gasteiger charge is -2.27. The normalized spacial score (nSPS) is 16.2. The fraction of sp³-hybridized carbons (Fsp3) is 0.500. The van der Waals surface area contributed by atoms with Crippen molar-refractivity contribution < 1.29 is 24.4 Å².